The molecule has 1 aliphatic carbocycles. The summed E-state index contributed by atoms with van der Waals surface area (Å²) in [6.07, 6.45) is 2.62. The molecule has 0 spiro atoms. The van der Waals surface area contributed by atoms with Crippen LogP contribution < -0.4 is 0 Å². The van der Waals surface area contributed by atoms with E-state index in [0.717, 1.165) is 17.7 Å². The van der Waals surface area contributed by atoms with Crippen molar-refractivity contribution in [2.45, 2.75) is 43.2 Å². The van der Waals surface area contributed by atoms with E-state index in [0.29, 0.717) is 12.2 Å². The molecular weight excluding hydrogens is 318 g/mol. The summed E-state index contributed by atoms with van der Waals surface area (Å²) in [5, 5.41) is 0. The van der Waals surface area contributed by atoms with E-state index in [4.69, 9.17) is 0 Å². The summed E-state index contributed by atoms with van der Waals surface area (Å²) in [7, 11) is -2.95. The number of benzene rings is 1. The van der Waals surface area contributed by atoms with Crippen LogP contribution in [0.2, 0.25) is 0 Å². The molecule has 4 nitrogen and oxygen atoms in total. The van der Waals surface area contributed by atoms with E-state index in [9.17, 15) is 13.2 Å². The SMILES string of the molecule is Cc1ccc(SCC(=O)N(C2CC2)C2CCS(=O)(=O)C2)cc1. The van der Waals surface area contributed by atoms with E-state index in [1.165, 1.54) is 17.3 Å². The zero-order valence-corrected chi connectivity index (χ0v) is 14.3. The highest BCUT2D eigenvalue weighted by Crippen LogP contribution is 2.33. The van der Waals surface area contributed by atoms with Crippen molar-refractivity contribution in [3.05, 3.63) is 29.8 Å². The van der Waals surface area contributed by atoms with Crippen LogP contribution in [0.4, 0.5) is 0 Å². The summed E-state index contributed by atoms with van der Waals surface area (Å²) in [5.74, 6) is 0.829. The van der Waals surface area contributed by atoms with Gasteiger partial charge in [-0.3, -0.25) is 4.79 Å². The molecule has 1 aromatic rings. The first kappa shape index (κ1) is 15.9. The van der Waals surface area contributed by atoms with Gasteiger partial charge in [0.05, 0.1) is 17.3 Å². The maximum absolute atomic E-state index is 12.6. The van der Waals surface area contributed by atoms with Gasteiger partial charge in [0.15, 0.2) is 9.84 Å². The van der Waals surface area contributed by atoms with Crippen LogP contribution in [0.15, 0.2) is 29.2 Å². The molecule has 2 aliphatic rings. The molecule has 1 atom stereocenters. The molecule has 1 heterocycles. The number of amides is 1. The Morgan fingerprint density at radius 2 is 1.86 bits per heavy atom. The largest absolute Gasteiger partial charge is 0.335 e. The van der Waals surface area contributed by atoms with Crippen LogP contribution in [-0.4, -0.2) is 48.6 Å². The molecule has 1 amide bonds. The first-order valence-electron chi connectivity index (χ1n) is 7.66. The monoisotopic (exact) mass is 339 g/mol. The molecule has 1 aromatic carbocycles. The van der Waals surface area contributed by atoms with Crippen LogP contribution in [0.25, 0.3) is 0 Å². The van der Waals surface area contributed by atoms with Gasteiger partial charge < -0.3 is 4.90 Å². The number of hydrogen-bond donors (Lipinski definition) is 0. The minimum Gasteiger partial charge on any atom is -0.335 e. The predicted molar refractivity (Wildman–Crippen MR) is 88.8 cm³/mol. The second-order valence-electron chi connectivity index (χ2n) is 6.19. The molecule has 2 fully saturated rings. The quantitative estimate of drug-likeness (QED) is 0.772. The number of carbonyl (C=O) groups excluding carboxylic acids is 1. The molecule has 0 bridgehead atoms. The van der Waals surface area contributed by atoms with Crippen molar-refractivity contribution in [3.8, 4) is 0 Å². The summed E-state index contributed by atoms with van der Waals surface area (Å²) in [4.78, 5) is 15.5. The third-order valence-corrected chi connectivity index (χ3v) is 6.96. The highest BCUT2D eigenvalue weighted by molar-refractivity contribution is 8.00. The van der Waals surface area contributed by atoms with Gasteiger partial charge in [-0.15, -0.1) is 11.8 Å². The normalized spacial score (nSPS) is 23.4. The highest BCUT2D eigenvalue weighted by Gasteiger charge is 2.41. The number of hydrogen-bond acceptors (Lipinski definition) is 4. The summed E-state index contributed by atoms with van der Waals surface area (Å²) in [6.45, 7) is 2.04. The fraction of sp³-hybridized carbons (Fsp3) is 0.562. The Hall–Kier alpha value is -1.01. The van der Waals surface area contributed by atoms with E-state index in [1.54, 1.807) is 0 Å². The standard InChI is InChI=1S/C16H21NO3S2/c1-12-2-6-15(7-3-12)21-10-16(18)17(13-4-5-13)14-8-9-22(19,20)11-14/h2-3,6-7,13-14H,4-5,8-11H2,1H3. The molecule has 22 heavy (non-hydrogen) atoms. The molecule has 3 rings (SSSR count). The lowest BCUT2D eigenvalue weighted by molar-refractivity contribution is -0.130. The van der Waals surface area contributed by atoms with E-state index >= 15 is 0 Å². The van der Waals surface area contributed by atoms with Crippen LogP contribution >= 0.6 is 11.8 Å². The van der Waals surface area contributed by atoms with Gasteiger partial charge in [-0.2, -0.15) is 0 Å². The number of carbonyl (C=O) groups is 1. The smallest absolute Gasteiger partial charge is 0.233 e. The van der Waals surface area contributed by atoms with Gasteiger partial charge in [0, 0.05) is 17.0 Å². The number of thioether (sulfide) groups is 1. The Bertz CT molecular complexity index is 650. The molecule has 120 valence electrons. The van der Waals surface area contributed by atoms with Crippen LogP contribution in [0.3, 0.4) is 0 Å². The number of rotatable bonds is 5. The first-order valence-corrected chi connectivity index (χ1v) is 10.5. The Balaban J connectivity index is 1.62. The maximum atomic E-state index is 12.6. The molecular formula is C16H21NO3S2. The van der Waals surface area contributed by atoms with E-state index in [-0.39, 0.29) is 29.5 Å². The Morgan fingerprint density at radius 3 is 2.41 bits per heavy atom. The minimum absolute atomic E-state index is 0.0789. The summed E-state index contributed by atoms with van der Waals surface area (Å²) in [5.41, 5.74) is 1.20. The van der Waals surface area contributed by atoms with Gasteiger partial charge in [0.1, 0.15) is 0 Å². The fourth-order valence-corrected chi connectivity index (χ4v) is 5.39. The summed E-state index contributed by atoms with van der Waals surface area (Å²) in [6, 6.07) is 8.28. The summed E-state index contributed by atoms with van der Waals surface area (Å²) >= 11 is 1.53. The second kappa shape index (κ2) is 6.24. The Labute approximate surface area is 136 Å². The zero-order valence-electron chi connectivity index (χ0n) is 12.7. The van der Waals surface area contributed by atoms with E-state index in [1.807, 2.05) is 36.1 Å². The summed E-state index contributed by atoms with van der Waals surface area (Å²) < 4.78 is 23.4. The highest BCUT2D eigenvalue weighted by atomic mass is 32.2. The lowest BCUT2D eigenvalue weighted by atomic mass is 10.2. The van der Waals surface area contributed by atoms with Crippen LogP contribution in [0, 0.1) is 6.92 Å². The molecule has 1 saturated heterocycles. The van der Waals surface area contributed by atoms with Crippen molar-refractivity contribution in [1.29, 1.82) is 0 Å². The van der Waals surface area contributed by atoms with Crippen molar-refractivity contribution in [2.24, 2.45) is 0 Å². The predicted octanol–water partition coefficient (Wildman–Crippen LogP) is 2.27. The minimum atomic E-state index is -2.95. The molecule has 6 heteroatoms. The second-order valence-corrected chi connectivity index (χ2v) is 9.47. The van der Waals surface area contributed by atoms with Crippen molar-refractivity contribution in [3.63, 3.8) is 0 Å². The Kier molecular flexibility index (Phi) is 4.50. The van der Waals surface area contributed by atoms with Crippen LogP contribution in [0.5, 0.6) is 0 Å². The van der Waals surface area contributed by atoms with Crippen LogP contribution in [-0.2, 0) is 14.6 Å². The van der Waals surface area contributed by atoms with Crippen molar-refractivity contribution in [1.82, 2.24) is 4.90 Å². The van der Waals surface area contributed by atoms with Crippen molar-refractivity contribution < 1.29 is 13.2 Å². The van der Waals surface area contributed by atoms with Crippen molar-refractivity contribution >= 4 is 27.5 Å². The van der Waals surface area contributed by atoms with Gasteiger partial charge in [-0.25, -0.2) is 8.42 Å². The molecule has 0 radical (unpaired) electrons. The van der Waals surface area contributed by atoms with Gasteiger partial charge in [-0.1, -0.05) is 17.7 Å². The molecule has 0 N–H and O–H groups in total. The van der Waals surface area contributed by atoms with Gasteiger partial charge in [0.25, 0.3) is 0 Å². The fourth-order valence-electron chi connectivity index (χ4n) is 2.91. The average Bonchev–Trinajstić information content (AvgIpc) is 3.23. The molecule has 1 saturated carbocycles. The van der Waals surface area contributed by atoms with Crippen LogP contribution in [0.1, 0.15) is 24.8 Å². The van der Waals surface area contributed by atoms with Crippen molar-refractivity contribution in [2.75, 3.05) is 17.3 Å². The topological polar surface area (TPSA) is 54.5 Å². The van der Waals surface area contributed by atoms with Gasteiger partial charge in [-0.05, 0) is 38.3 Å². The maximum Gasteiger partial charge on any atom is 0.233 e. The third-order valence-electron chi connectivity index (χ3n) is 4.21. The first-order chi connectivity index (χ1) is 10.4. The van der Waals surface area contributed by atoms with E-state index in [2.05, 4.69) is 0 Å². The number of nitrogens with zero attached hydrogens (tertiary/aromatic N) is 1. The lowest BCUT2D eigenvalue weighted by Crippen LogP contribution is -2.43. The number of sulfone groups is 1. The molecule has 0 aromatic heterocycles. The lowest BCUT2D eigenvalue weighted by Gasteiger charge is -2.28. The third kappa shape index (κ3) is 3.84. The van der Waals surface area contributed by atoms with E-state index < -0.39 is 9.84 Å². The van der Waals surface area contributed by atoms with Gasteiger partial charge >= 0.3 is 0 Å². The Morgan fingerprint density at radius 1 is 1.18 bits per heavy atom. The van der Waals surface area contributed by atoms with Gasteiger partial charge in [0.2, 0.25) is 5.91 Å². The number of aryl methyl sites for hydroxylation is 1. The molecule has 1 unspecified atom stereocenters. The zero-order chi connectivity index (χ0) is 15.7. The molecule has 1 aliphatic heterocycles. The average molecular weight is 339 g/mol.